The van der Waals surface area contributed by atoms with Gasteiger partial charge in [0.1, 0.15) is 10.8 Å². The van der Waals surface area contributed by atoms with Crippen LogP contribution in [0.1, 0.15) is 37.4 Å². The number of rotatable bonds is 11. The lowest BCUT2D eigenvalue weighted by molar-refractivity contribution is 0.0955. The Labute approximate surface area is 206 Å². The number of hydrogen-bond donors (Lipinski definition) is 4. The number of nitrogens with zero attached hydrogens (tertiary/aromatic N) is 2. The minimum Gasteiger partial charge on any atom is -0.395 e. The molecule has 0 saturated heterocycles. The number of aliphatic hydroxyl groups excluding tert-OH is 2. The zero-order chi connectivity index (χ0) is 25.2. The van der Waals surface area contributed by atoms with Crippen LogP contribution in [0.5, 0.6) is 0 Å². The molecule has 3 aromatic rings. The third-order valence-electron chi connectivity index (χ3n) is 5.11. The maximum Gasteiger partial charge on any atom is 0.274 e. The van der Waals surface area contributed by atoms with Gasteiger partial charge in [0.05, 0.1) is 25.0 Å². The van der Waals surface area contributed by atoms with E-state index in [1.807, 2.05) is 11.0 Å². The lowest BCUT2D eigenvalue weighted by Crippen LogP contribution is -2.29. The van der Waals surface area contributed by atoms with Crippen LogP contribution < -0.4 is 10.7 Å². The first-order valence-electron chi connectivity index (χ1n) is 10.9. The molecule has 8 nitrogen and oxygen atoms in total. The van der Waals surface area contributed by atoms with Gasteiger partial charge in [-0.2, -0.15) is 5.10 Å². The van der Waals surface area contributed by atoms with E-state index in [0.717, 1.165) is 5.56 Å². The highest BCUT2D eigenvalue weighted by Crippen LogP contribution is 2.28. The molecule has 184 valence electrons. The molecule has 10 heteroatoms. The summed E-state index contributed by atoms with van der Waals surface area (Å²) in [6, 6.07) is 12.7. The Morgan fingerprint density at radius 2 is 1.80 bits per heavy atom. The number of aryl methyl sites for hydroxylation is 1. The number of benzene rings is 2. The van der Waals surface area contributed by atoms with Crippen molar-refractivity contribution >= 4 is 34.4 Å². The zero-order valence-electron chi connectivity index (χ0n) is 19.2. The number of amides is 2. The molecule has 2 amide bonds. The van der Waals surface area contributed by atoms with Crippen molar-refractivity contribution in [1.29, 1.82) is 0 Å². The highest BCUT2D eigenvalue weighted by atomic mass is 32.1. The van der Waals surface area contributed by atoms with Crippen molar-refractivity contribution in [2.75, 3.05) is 31.6 Å². The Hall–Kier alpha value is -3.44. The molecule has 0 atom stereocenters. The van der Waals surface area contributed by atoms with E-state index in [-0.39, 0.29) is 24.9 Å². The SMILES string of the molecule is Cc1csc(NC(=O)c2cccc(CN(CCO)CCO)c2)c1C(=O)N/N=C/c1ccc(F)cc1. The Balaban J connectivity index is 1.68. The Kier molecular flexibility index (Phi) is 9.62. The van der Waals surface area contributed by atoms with Crippen molar-refractivity contribution in [3.05, 3.63) is 87.5 Å². The summed E-state index contributed by atoms with van der Waals surface area (Å²) in [5.41, 5.74) is 5.35. The quantitative estimate of drug-likeness (QED) is 0.240. The van der Waals surface area contributed by atoms with Gasteiger partial charge in [0.15, 0.2) is 0 Å². The first-order valence-corrected chi connectivity index (χ1v) is 11.8. The van der Waals surface area contributed by atoms with Crippen molar-refractivity contribution in [2.45, 2.75) is 13.5 Å². The van der Waals surface area contributed by atoms with E-state index in [1.165, 1.54) is 41.8 Å². The summed E-state index contributed by atoms with van der Waals surface area (Å²) in [4.78, 5) is 27.5. The molecular formula is C25H27FN4O4S. The van der Waals surface area contributed by atoms with Crippen LogP contribution in [-0.4, -0.2) is 59.4 Å². The smallest absolute Gasteiger partial charge is 0.274 e. The highest BCUT2D eigenvalue weighted by Gasteiger charge is 2.19. The number of nitrogens with one attached hydrogen (secondary N) is 2. The second kappa shape index (κ2) is 12.9. The average Bonchev–Trinajstić information content (AvgIpc) is 3.20. The number of thiophene rings is 1. The number of hydrogen-bond acceptors (Lipinski definition) is 7. The van der Waals surface area contributed by atoms with Crippen LogP contribution in [0.3, 0.4) is 0 Å². The molecule has 0 aliphatic rings. The lowest BCUT2D eigenvalue weighted by atomic mass is 10.1. The van der Waals surface area contributed by atoms with Gasteiger partial charge in [0, 0.05) is 25.2 Å². The van der Waals surface area contributed by atoms with E-state index in [9.17, 15) is 24.2 Å². The molecule has 0 bridgehead atoms. The molecule has 2 aromatic carbocycles. The van der Waals surface area contributed by atoms with E-state index in [2.05, 4.69) is 15.8 Å². The molecule has 3 rings (SSSR count). The van der Waals surface area contributed by atoms with Gasteiger partial charge < -0.3 is 15.5 Å². The molecule has 1 heterocycles. The number of halogens is 1. The predicted molar refractivity (Wildman–Crippen MR) is 134 cm³/mol. The standard InChI is InChI=1S/C25H27FN4O4S/c1-17-16-35-25(22(17)24(34)29-27-14-18-5-7-21(26)8-6-18)28-23(33)20-4-2-3-19(13-20)15-30(9-11-31)10-12-32/h2-8,13-14,16,31-32H,9-12,15H2,1H3,(H,28,33)(H,29,34)/b27-14+. The van der Waals surface area contributed by atoms with Crippen molar-refractivity contribution in [1.82, 2.24) is 10.3 Å². The number of carbonyl (C=O) groups is 2. The molecule has 0 radical (unpaired) electrons. The topological polar surface area (TPSA) is 114 Å². The van der Waals surface area contributed by atoms with E-state index >= 15 is 0 Å². The third-order valence-corrected chi connectivity index (χ3v) is 6.12. The molecule has 1 aromatic heterocycles. The molecule has 0 aliphatic carbocycles. The van der Waals surface area contributed by atoms with Gasteiger partial charge in [-0.25, -0.2) is 9.82 Å². The van der Waals surface area contributed by atoms with Crippen molar-refractivity contribution in [3.8, 4) is 0 Å². The van der Waals surface area contributed by atoms with Gasteiger partial charge in [-0.05, 0) is 53.3 Å². The number of aliphatic hydroxyl groups is 2. The van der Waals surface area contributed by atoms with Gasteiger partial charge in [-0.3, -0.25) is 14.5 Å². The highest BCUT2D eigenvalue weighted by molar-refractivity contribution is 7.15. The largest absolute Gasteiger partial charge is 0.395 e. The monoisotopic (exact) mass is 498 g/mol. The molecular weight excluding hydrogens is 471 g/mol. The lowest BCUT2D eigenvalue weighted by Gasteiger charge is -2.20. The minimum absolute atomic E-state index is 0.0311. The summed E-state index contributed by atoms with van der Waals surface area (Å²) in [5, 5.41) is 27.3. The normalized spacial score (nSPS) is 11.2. The van der Waals surface area contributed by atoms with Crippen LogP contribution >= 0.6 is 11.3 Å². The molecule has 0 spiro atoms. The molecule has 0 fully saturated rings. The third kappa shape index (κ3) is 7.52. The number of hydrazone groups is 1. The number of carbonyl (C=O) groups excluding carboxylic acids is 2. The number of anilines is 1. The summed E-state index contributed by atoms with van der Waals surface area (Å²) in [5.74, 6) is -1.21. The van der Waals surface area contributed by atoms with Gasteiger partial charge in [-0.1, -0.05) is 24.3 Å². The second-order valence-electron chi connectivity index (χ2n) is 7.75. The van der Waals surface area contributed by atoms with Crippen molar-refractivity contribution in [3.63, 3.8) is 0 Å². The Morgan fingerprint density at radius 3 is 2.49 bits per heavy atom. The van der Waals surface area contributed by atoms with Crippen LogP contribution in [0.2, 0.25) is 0 Å². The average molecular weight is 499 g/mol. The zero-order valence-corrected chi connectivity index (χ0v) is 20.0. The summed E-state index contributed by atoms with van der Waals surface area (Å²) < 4.78 is 13.0. The second-order valence-corrected chi connectivity index (χ2v) is 8.63. The fourth-order valence-corrected chi connectivity index (χ4v) is 4.32. The summed E-state index contributed by atoms with van der Waals surface area (Å²) >= 11 is 1.24. The van der Waals surface area contributed by atoms with Crippen LogP contribution in [0.15, 0.2) is 59.0 Å². The summed E-state index contributed by atoms with van der Waals surface area (Å²) in [7, 11) is 0. The van der Waals surface area contributed by atoms with Gasteiger partial charge >= 0.3 is 0 Å². The molecule has 0 unspecified atom stereocenters. The fraction of sp³-hybridized carbons (Fsp3) is 0.240. The fourth-order valence-electron chi connectivity index (χ4n) is 3.39. The maximum atomic E-state index is 13.0. The van der Waals surface area contributed by atoms with E-state index < -0.39 is 5.91 Å². The first kappa shape index (κ1) is 26.2. The van der Waals surface area contributed by atoms with Gasteiger partial charge in [0.2, 0.25) is 0 Å². The molecule has 4 N–H and O–H groups in total. The minimum atomic E-state index is -0.477. The van der Waals surface area contributed by atoms with Crippen molar-refractivity contribution in [2.24, 2.45) is 5.10 Å². The summed E-state index contributed by atoms with van der Waals surface area (Å²) in [6.45, 7) is 3.00. The molecule has 0 aliphatic heterocycles. The van der Waals surface area contributed by atoms with E-state index in [4.69, 9.17) is 0 Å². The molecule has 0 saturated carbocycles. The maximum absolute atomic E-state index is 13.0. The van der Waals surface area contributed by atoms with Crippen LogP contribution in [-0.2, 0) is 6.54 Å². The Bertz CT molecular complexity index is 1170. The van der Waals surface area contributed by atoms with E-state index in [0.29, 0.717) is 46.9 Å². The van der Waals surface area contributed by atoms with Crippen LogP contribution in [0.4, 0.5) is 9.39 Å². The van der Waals surface area contributed by atoms with Crippen LogP contribution in [0, 0.1) is 12.7 Å². The van der Waals surface area contributed by atoms with Gasteiger partial charge in [-0.15, -0.1) is 11.3 Å². The Morgan fingerprint density at radius 1 is 1.09 bits per heavy atom. The molecule has 35 heavy (non-hydrogen) atoms. The first-order chi connectivity index (χ1) is 16.9. The predicted octanol–water partition coefficient (Wildman–Crippen LogP) is 3.00. The van der Waals surface area contributed by atoms with Gasteiger partial charge in [0.25, 0.3) is 11.8 Å². The summed E-state index contributed by atoms with van der Waals surface area (Å²) in [6.07, 6.45) is 1.40. The van der Waals surface area contributed by atoms with E-state index in [1.54, 1.807) is 30.5 Å². The van der Waals surface area contributed by atoms with Crippen LogP contribution in [0.25, 0.3) is 0 Å². The van der Waals surface area contributed by atoms with Crippen molar-refractivity contribution < 1.29 is 24.2 Å².